The van der Waals surface area contributed by atoms with E-state index in [1.165, 1.54) is 30.3 Å². The smallest absolute Gasteiger partial charge is 0.339 e. The molecule has 3 aromatic carbocycles. The lowest BCUT2D eigenvalue weighted by molar-refractivity contribution is -0.123. The quantitative estimate of drug-likeness (QED) is 0.167. The van der Waals surface area contributed by atoms with Gasteiger partial charge in [0.05, 0.1) is 18.1 Å². The van der Waals surface area contributed by atoms with Crippen LogP contribution in [0.2, 0.25) is 5.02 Å². The number of ether oxygens (including phenoxy) is 2. The Balaban J connectivity index is 1.48. The Morgan fingerprint density at radius 1 is 0.951 bits per heavy atom. The number of carbonyl (C=O) groups excluding carboxylic acids is 2. The van der Waals surface area contributed by atoms with Gasteiger partial charge in [-0.1, -0.05) is 43.6 Å². The van der Waals surface area contributed by atoms with Crippen LogP contribution in [-0.4, -0.2) is 44.2 Å². The topological polar surface area (TPSA) is 99.2 Å². The number of hydrogen-bond acceptors (Lipinski definition) is 8. The Bertz CT molecular complexity index is 1580. The number of amides is 2. The van der Waals surface area contributed by atoms with E-state index in [1.807, 2.05) is 25.1 Å². The molecule has 0 radical (unpaired) electrons. The normalized spacial score (nSPS) is 14.7. The molecule has 0 bridgehead atoms. The molecule has 4 rings (SSSR count). The molecule has 0 N–H and O–H groups in total. The lowest BCUT2D eigenvalue weighted by Crippen LogP contribution is -2.32. The summed E-state index contributed by atoms with van der Waals surface area (Å²) < 4.78 is 42.4. The van der Waals surface area contributed by atoms with Crippen molar-refractivity contribution in [1.82, 2.24) is 4.90 Å². The molecule has 1 saturated heterocycles. The van der Waals surface area contributed by atoms with E-state index in [1.54, 1.807) is 25.1 Å². The highest BCUT2D eigenvalue weighted by Crippen LogP contribution is 2.36. The summed E-state index contributed by atoms with van der Waals surface area (Å²) in [6.45, 7) is 8.39. The zero-order valence-corrected chi connectivity index (χ0v) is 25.4. The van der Waals surface area contributed by atoms with E-state index in [-0.39, 0.29) is 47.0 Å². The van der Waals surface area contributed by atoms with Crippen LogP contribution in [0.15, 0.2) is 70.5 Å². The van der Waals surface area contributed by atoms with Gasteiger partial charge in [-0.25, -0.2) is 0 Å². The Hall–Kier alpha value is -3.47. The van der Waals surface area contributed by atoms with Gasteiger partial charge in [0.15, 0.2) is 11.5 Å². The Morgan fingerprint density at radius 2 is 1.68 bits per heavy atom. The van der Waals surface area contributed by atoms with E-state index in [0.717, 1.165) is 33.5 Å². The lowest BCUT2D eigenvalue weighted by Gasteiger charge is -2.17. The van der Waals surface area contributed by atoms with Crippen molar-refractivity contribution in [1.29, 1.82) is 0 Å². The van der Waals surface area contributed by atoms with Gasteiger partial charge < -0.3 is 13.7 Å². The molecule has 0 saturated carbocycles. The van der Waals surface area contributed by atoms with Gasteiger partial charge in [-0.2, -0.15) is 8.42 Å². The third-order valence-corrected chi connectivity index (χ3v) is 8.51. The summed E-state index contributed by atoms with van der Waals surface area (Å²) in [5.41, 5.74) is 2.65. The van der Waals surface area contributed by atoms with Gasteiger partial charge in [0.2, 0.25) is 0 Å². The van der Waals surface area contributed by atoms with E-state index in [4.69, 9.17) is 25.3 Å². The minimum Gasteiger partial charge on any atom is -0.491 e. The van der Waals surface area contributed by atoms with Gasteiger partial charge in [-0.05, 0) is 96.8 Å². The summed E-state index contributed by atoms with van der Waals surface area (Å²) in [7, 11) is -4.14. The average molecular weight is 616 g/mol. The Kier molecular flexibility index (Phi) is 9.68. The highest BCUT2D eigenvalue weighted by molar-refractivity contribution is 8.18. The average Bonchev–Trinajstić information content (AvgIpc) is 3.17. The molecule has 1 heterocycles. The second-order valence-corrected chi connectivity index (χ2v) is 12.5. The summed E-state index contributed by atoms with van der Waals surface area (Å²) in [6, 6.07) is 16.2. The van der Waals surface area contributed by atoms with E-state index in [9.17, 15) is 18.0 Å². The molecule has 1 fully saturated rings. The van der Waals surface area contributed by atoms with Gasteiger partial charge in [0, 0.05) is 5.02 Å². The van der Waals surface area contributed by atoms with Crippen LogP contribution in [0, 0.1) is 6.92 Å². The third-order valence-electron chi connectivity index (χ3n) is 6.10. The highest BCUT2D eigenvalue weighted by atomic mass is 35.5. The van der Waals surface area contributed by atoms with Gasteiger partial charge in [0.25, 0.3) is 11.1 Å². The first-order valence-corrected chi connectivity index (χ1v) is 15.5. The number of rotatable bonds is 11. The van der Waals surface area contributed by atoms with Crippen LogP contribution in [0.1, 0.15) is 43.4 Å². The van der Waals surface area contributed by atoms with Crippen molar-refractivity contribution in [3.63, 3.8) is 0 Å². The predicted molar refractivity (Wildman–Crippen MR) is 160 cm³/mol. The molecule has 1 aliphatic rings. The van der Waals surface area contributed by atoms with Crippen LogP contribution in [0.3, 0.4) is 0 Å². The SMILES string of the molecule is CCOc1cc(/C=C2\SC(=O)N(CCOc3cc(C)ccc3C(C)C)C2=O)ccc1OS(=O)(=O)c1ccc(Cl)cc1. The van der Waals surface area contributed by atoms with Crippen molar-refractivity contribution < 1.29 is 31.7 Å². The van der Waals surface area contributed by atoms with Crippen LogP contribution in [0.5, 0.6) is 17.2 Å². The van der Waals surface area contributed by atoms with Crippen molar-refractivity contribution in [2.45, 2.75) is 38.5 Å². The maximum Gasteiger partial charge on any atom is 0.339 e. The highest BCUT2D eigenvalue weighted by Gasteiger charge is 2.35. The molecule has 41 heavy (non-hydrogen) atoms. The lowest BCUT2D eigenvalue weighted by atomic mass is 10.0. The van der Waals surface area contributed by atoms with E-state index >= 15 is 0 Å². The first-order valence-electron chi connectivity index (χ1n) is 12.9. The maximum atomic E-state index is 13.1. The number of nitrogens with zero attached hydrogens (tertiary/aromatic N) is 1. The molecule has 2 amide bonds. The second kappa shape index (κ2) is 13.0. The third kappa shape index (κ3) is 7.44. The van der Waals surface area contributed by atoms with E-state index in [0.29, 0.717) is 10.6 Å². The predicted octanol–water partition coefficient (Wildman–Crippen LogP) is 7.05. The molecule has 0 aliphatic carbocycles. The van der Waals surface area contributed by atoms with Crippen LogP contribution in [0.4, 0.5) is 4.79 Å². The second-order valence-electron chi connectivity index (χ2n) is 9.51. The number of imide groups is 1. The first kappa shape index (κ1) is 30.5. The molecule has 0 atom stereocenters. The van der Waals surface area contributed by atoms with Gasteiger partial charge in [-0.3, -0.25) is 14.5 Å². The zero-order valence-electron chi connectivity index (χ0n) is 23.0. The number of halogens is 1. The molecule has 3 aromatic rings. The maximum absolute atomic E-state index is 13.1. The molecule has 216 valence electrons. The number of aryl methyl sites for hydroxylation is 1. The van der Waals surface area contributed by atoms with Gasteiger partial charge in [-0.15, -0.1) is 0 Å². The van der Waals surface area contributed by atoms with Gasteiger partial charge >= 0.3 is 10.1 Å². The molecule has 1 aliphatic heterocycles. The summed E-state index contributed by atoms with van der Waals surface area (Å²) in [6.07, 6.45) is 1.56. The summed E-state index contributed by atoms with van der Waals surface area (Å²) in [5, 5.41) is 0.00371. The molecular weight excluding hydrogens is 586 g/mol. The van der Waals surface area contributed by atoms with E-state index < -0.39 is 21.3 Å². The van der Waals surface area contributed by atoms with Crippen molar-refractivity contribution in [3.05, 3.63) is 87.3 Å². The first-order chi connectivity index (χ1) is 19.5. The van der Waals surface area contributed by atoms with Crippen molar-refractivity contribution in [3.8, 4) is 17.2 Å². The van der Waals surface area contributed by atoms with E-state index in [2.05, 4.69) is 13.8 Å². The van der Waals surface area contributed by atoms with Crippen LogP contribution >= 0.6 is 23.4 Å². The van der Waals surface area contributed by atoms with Crippen LogP contribution in [0.25, 0.3) is 6.08 Å². The Morgan fingerprint density at radius 3 is 2.37 bits per heavy atom. The minimum atomic E-state index is -4.14. The molecular formula is C30H30ClNO7S2. The number of carbonyl (C=O) groups is 2. The van der Waals surface area contributed by atoms with Crippen LogP contribution in [-0.2, 0) is 14.9 Å². The van der Waals surface area contributed by atoms with Crippen molar-refractivity contribution in [2.24, 2.45) is 0 Å². The fraction of sp³-hybridized carbons (Fsp3) is 0.267. The monoisotopic (exact) mass is 615 g/mol. The number of hydrogen-bond donors (Lipinski definition) is 0. The zero-order chi connectivity index (χ0) is 29.7. The number of thioether (sulfide) groups is 1. The molecule has 0 aromatic heterocycles. The molecule has 0 unspecified atom stereocenters. The molecule has 0 spiro atoms. The summed E-state index contributed by atoms with van der Waals surface area (Å²) in [5.74, 6) is 0.736. The van der Waals surface area contributed by atoms with Crippen molar-refractivity contribution in [2.75, 3.05) is 19.8 Å². The van der Waals surface area contributed by atoms with Crippen LogP contribution < -0.4 is 13.7 Å². The fourth-order valence-corrected chi connectivity index (χ4v) is 5.98. The standard InChI is InChI=1S/C30H30ClNO7S2/c1-5-37-27-17-21(7-13-25(27)39-41(35,36)23-10-8-22(31)9-11-23)18-28-29(33)32(30(34)40-28)14-15-38-26-16-20(4)6-12-24(26)19(2)3/h6-13,16-19H,5,14-15H2,1-4H3/b28-18-. The van der Waals surface area contributed by atoms with Crippen molar-refractivity contribution >= 4 is 50.7 Å². The largest absolute Gasteiger partial charge is 0.491 e. The van der Waals surface area contributed by atoms with Gasteiger partial charge in [0.1, 0.15) is 17.3 Å². The summed E-state index contributed by atoms with van der Waals surface area (Å²) in [4.78, 5) is 27.0. The summed E-state index contributed by atoms with van der Waals surface area (Å²) >= 11 is 6.69. The Labute approximate surface area is 249 Å². The molecule has 11 heteroatoms. The minimum absolute atomic E-state index is 0.0129. The number of benzene rings is 3. The fourth-order valence-electron chi connectivity index (χ4n) is 4.05. The molecule has 8 nitrogen and oxygen atoms in total.